The summed E-state index contributed by atoms with van der Waals surface area (Å²) in [5.74, 6) is 1.46. The van der Waals surface area contributed by atoms with Crippen LogP contribution in [0.25, 0.3) is 0 Å². The van der Waals surface area contributed by atoms with Crippen LogP contribution in [0.1, 0.15) is 0 Å². The third kappa shape index (κ3) is 5.64. The van der Waals surface area contributed by atoms with Crippen molar-refractivity contribution in [2.24, 2.45) is 0 Å². The molecule has 0 amide bonds. The maximum absolute atomic E-state index is 12.0. The molecule has 4 nitrogen and oxygen atoms in total. The van der Waals surface area contributed by atoms with Crippen LogP contribution in [0.15, 0.2) is 29.2 Å². The Bertz CT molecular complexity index is 492. The molecule has 0 radical (unpaired) electrons. The van der Waals surface area contributed by atoms with E-state index in [2.05, 4.69) is 0 Å². The summed E-state index contributed by atoms with van der Waals surface area (Å²) < 4.78 is 25.4. The zero-order valence-electron chi connectivity index (χ0n) is 11.2. The molecule has 19 heavy (non-hydrogen) atoms. The molecule has 1 aromatic carbocycles. The quantitative estimate of drug-likeness (QED) is 0.586. The summed E-state index contributed by atoms with van der Waals surface area (Å²) >= 11 is 3.12. The number of rotatable bonds is 8. The third-order valence-electron chi connectivity index (χ3n) is 2.60. The normalized spacial score (nSPS) is 11.9. The molecule has 0 saturated heterocycles. The number of nitrogen functional groups attached to an aromatic ring is 1. The molecule has 1 aromatic rings. The Morgan fingerprint density at radius 1 is 1.26 bits per heavy atom. The summed E-state index contributed by atoms with van der Waals surface area (Å²) in [6.45, 7) is 0.557. The van der Waals surface area contributed by atoms with E-state index in [1.165, 1.54) is 16.1 Å². The Kier molecular flexibility index (Phi) is 7.06. The minimum Gasteiger partial charge on any atom is -0.398 e. The van der Waals surface area contributed by atoms with Gasteiger partial charge in [-0.15, -0.1) is 11.8 Å². The van der Waals surface area contributed by atoms with Crippen LogP contribution in [0.3, 0.4) is 0 Å². The van der Waals surface area contributed by atoms with Gasteiger partial charge in [0, 0.05) is 35.7 Å². The van der Waals surface area contributed by atoms with Crippen molar-refractivity contribution in [3.8, 4) is 0 Å². The first-order valence-electron chi connectivity index (χ1n) is 5.87. The molecule has 0 saturated carbocycles. The summed E-state index contributed by atoms with van der Waals surface area (Å²) in [4.78, 5) is 0.935. The van der Waals surface area contributed by atoms with Crippen LogP contribution in [-0.4, -0.2) is 49.8 Å². The largest absolute Gasteiger partial charge is 0.398 e. The molecule has 0 bridgehead atoms. The minimum atomic E-state index is -3.16. The number of para-hydroxylation sites is 1. The van der Waals surface area contributed by atoms with Crippen LogP contribution in [0.2, 0.25) is 0 Å². The van der Waals surface area contributed by atoms with Gasteiger partial charge in [0.2, 0.25) is 10.0 Å². The van der Waals surface area contributed by atoms with Gasteiger partial charge in [-0.2, -0.15) is 11.8 Å². The highest BCUT2D eigenvalue weighted by Crippen LogP contribution is 2.24. The van der Waals surface area contributed by atoms with E-state index in [1.54, 1.807) is 18.8 Å². The number of nitrogens with zero attached hydrogens (tertiary/aromatic N) is 1. The van der Waals surface area contributed by atoms with Crippen LogP contribution in [0.4, 0.5) is 5.69 Å². The van der Waals surface area contributed by atoms with Crippen molar-refractivity contribution in [3.63, 3.8) is 0 Å². The summed E-state index contributed by atoms with van der Waals surface area (Å²) in [6, 6.07) is 7.50. The Labute approximate surface area is 124 Å². The molecule has 0 aliphatic rings. The summed E-state index contributed by atoms with van der Waals surface area (Å²) in [5.41, 5.74) is 6.51. The first-order chi connectivity index (χ1) is 8.97. The highest BCUT2D eigenvalue weighted by atomic mass is 32.2. The molecule has 7 heteroatoms. The minimum absolute atomic E-state index is 0.136. The second-order valence-corrected chi connectivity index (χ2v) is 8.33. The molecule has 0 atom stereocenters. The predicted octanol–water partition coefficient (Wildman–Crippen LogP) is 1.99. The van der Waals surface area contributed by atoms with E-state index in [0.29, 0.717) is 18.0 Å². The number of sulfonamides is 1. The van der Waals surface area contributed by atoms with Crippen LogP contribution in [-0.2, 0) is 10.0 Å². The highest BCUT2D eigenvalue weighted by Gasteiger charge is 2.17. The Morgan fingerprint density at radius 3 is 2.58 bits per heavy atom. The Morgan fingerprint density at radius 2 is 1.95 bits per heavy atom. The van der Waals surface area contributed by atoms with Crippen molar-refractivity contribution in [2.75, 3.05) is 42.8 Å². The van der Waals surface area contributed by atoms with Gasteiger partial charge in [-0.05, 0) is 18.4 Å². The van der Waals surface area contributed by atoms with Gasteiger partial charge in [0.1, 0.15) is 0 Å². The van der Waals surface area contributed by atoms with Crippen LogP contribution in [0.5, 0.6) is 0 Å². The van der Waals surface area contributed by atoms with E-state index < -0.39 is 10.0 Å². The summed E-state index contributed by atoms with van der Waals surface area (Å²) in [6.07, 6.45) is 1.97. The van der Waals surface area contributed by atoms with Crippen molar-refractivity contribution >= 4 is 39.2 Å². The van der Waals surface area contributed by atoms with Gasteiger partial charge in [0.05, 0.1) is 5.75 Å². The van der Waals surface area contributed by atoms with Crippen molar-refractivity contribution in [1.29, 1.82) is 0 Å². The first kappa shape index (κ1) is 16.7. The van der Waals surface area contributed by atoms with Crippen molar-refractivity contribution in [2.45, 2.75) is 4.90 Å². The van der Waals surface area contributed by atoms with Crippen molar-refractivity contribution in [3.05, 3.63) is 24.3 Å². The Balaban J connectivity index is 2.46. The predicted molar refractivity (Wildman–Crippen MR) is 86.4 cm³/mol. The van der Waals surface area contributed by atoms with Crippen molar-refractivity contribution < 1.29 is 8.42 Å². The van der Waals surface area contributed by atoms with Crippen LogP contribution >= 0.6 is 23.5 Å². The van der Waals surface area contributed by atoms with Gasteiger partial charge in [-0.25, -0.2) is 12.7 Å². The molecular weight excluding hydrogens is 300 g/mol. The average Bonchev–Trinajstić information content (AvgIpc) is 2.38. The molecular formula is C12H20N2O2S3. The zero-order valence-corrected chi connectivity index (χ0v) is 13.7. The lowest BCUT2D eigenvalue weighted by Gasteiger charge is -2.16. The van der Waals surface area contributed by atoms with Crippen LogP contribution in [0, 0.1) is 0 Å². The van der Waals surface area contributed by atoms with Gasteiger partial charge >= 0.3 is 0 Å². The molecule has 0 aromatic heterocycles. The molecule has 0 fully saturated rings. The molecule has 0 aliphatic heterocycles. The number of benzene rings is 1. The second-order valence-electron chi connectivity index (χ2n) is 4.02. The van der Waals surface area contributed by atoms with E-state index in [-0.39, 0.29) is 5.75 Å². The third-order valence-corrected chi connectivity index (χ3v) is 6.40. The molecule has 2 N–H and O–H groups in total. The lowest BCUT2D eigenvalue weighted by molar-refractivity contribution is 0.490. The van der Waals surface area contributed by atoms with Gasteiger partial charge in [0.15, 0.2) is 0 Å². The first-order valence-corrected chi connectivity index (χ1v) is 9.86. The fourth-order valence-electron chi connectivity index (χ4n) is 1.38. The van der Waals surface area contributed by atoms with Crippen molar-refractivity contribution in [1.82, 2.24) is 4.31 Å². The topological polar surface area (TPSA) is 63.4 Å². The second kappa shape index (κ2) is 8.04. The number of nitrogens with two attached hydrogens (primary N) is 1. The average molecular weight is 321 g/mol. The van der Waals surface area contributed by atoms with E-state index in [0.717, 1.165) is 10.6 Å². The molecule has 0 spiro atoms. The van der Waals surface area contributed by atoms with E-state index >= 15 is 0 Å². The zero-order chi connectivity index (χ0) is 14.3. The maximum Gasteiger partial charge on any atom is 0.214 e. The van der Waals surface area contributed by atoms with Gasteiger partial charge in [-0.1, -0.05) is 12.1 Å². The standard InChI is InChI=1S/C12H20N2O2S3/c1-14(7-8-17-2)19(15,16)10-9-18-12-6-4-3-5-11(12)13/h3-6H,7-10,13H2,1-2H3. The maximum atomic E-state index is 12.0. The molecule has 0 unspecified atom stereocenters. The fourth-order valence-corrected chi connectivity index (χ4v) is 4.44. The molecule has 1 rings (SSSR count). The van der Waals surface area contributed by atoms with E-state index in [9.17, 15) is 8.42 Å². The lowest BCUT2D eigenvalue weighted by atomic mass is 10.3. The van der Waals surface area contributed by atoms with Gasteiger partial charge < -0.3 is 5.73 Å². The smallest absolute Gasteiger partial charge is 0.214 e. The molecule has 108 valence electrons. The SMILES string of the molecule is CSCCN(C)S(=O)(=O)CCSc1ccccc1N. The lowest BCUT2D eigenvalue weighted by Crippen LogP contribution is -2.31. The highest BCUT2D eigenvalue weighted by molar-refractivity contribution is 8.00. The number of hydrogen-bond donors (Lipinski definition) is 1. The van der Waals surface area contributed by atoms with Gasteiger partial charge in [-0.3, -0.25) is 0 Å². The number of anilines is 1. The Hall–Kier alpha value is -0.370. The number of thioether (sulfide) groups is 2. The van der Waals surface area contributed by atoms with Crippen LogP contribution < -0.4 is 5.73 Å². The number of hydrogen-bond acceptors (Lipinski definition) is 5. The summed E-state index contributed by atoms with van der Waals surface area (Å²) in [5, 5.41) is 0. The van der Waals surface area contributed by atoms with E-state index in [1.807, 2.05) is 30.5 Å². The summed E-state index contributed by atoms with van der Waals surface area (Å²) in [7, 11) is -1.53. The van der Waals surface area contributed by atoms with Gasteiger partial charge in [0.25, 0.3) is 0 Å². The van der Waals surface area contributed by atoms with E-state index in [4.69, 9.17) is 5.73 Å². The fraction of sp³-hybridized carbons (Fsp3) is 0.500. The molecule has 0 aliphatic carbocycles. The monoisotopic (exact) mass is 320 g/mol. The molecule has 0 heterocycles.